The topological polar surface area (TPSA) is 46.5 Å². The molecule has 3 nitrogen and oxygen atoms in total. The minimum Gasteiger partial charge on any atom is -0.508 e. The molecule has 1 heterocycles. The van der Waals surface area contributed by atoms with Crippen LogP contribution in [0.5, 0.6) is 11.5 Å². The average molecular weight is 252 g/mol. The summed E-state index contributed by atoms with van der Waals surface area (Å²) >= 11 is 0. The van der Waals surface area contributed by atoms with Crippen molar-refractivity contribution in [3.05, 3.63) is 65.7 Å². The number of rotatable bonds is 2. The lowest BCUT2D eigenvalue weighted by atomic mass is 9.95. The zero-order valence-electron chi connectivity index (χ0n) is 10.1. The van der Waals surface area contributed by atoms with Gasteiger partial charge in [0.1, 0.15) is 23.5 Å². The van der Waals surface area contributed by atoms with Gasteiger partial charge in [-0.25, -0.2) is 0 Å². The molecule has 1 atom stereocenters. The van der Waals surface area contributed by atoms with E-state index in [1.54, 1.807) is 18.2 Å². The second kappa shape index (κ2) is 4.61. The Morgan fingerprint density at radius 3 is 2.63 bits per heavy atom. The SMILES string of the molecule is O=CC1C=C(c2ccccc2)Oc2cc(O)ccc21. The molecule has 1 unspecified atom stereocenters. The maximum Gasteiger partial charge on any atom is 0.135 e. The summed E-state index contributed by atoms with van der Waals surface area (Å²) in [5, 5.41) is 9.52. The molecule has 0 amide bonds. The second-order valence-electron chi connectivity index (χ2n) is 4.38. The molecule has 0 aliphatic carbocycles. The van der Waals surface area contributed by atoms with E-state index in [9.17, 15) is 9.90 Å². The van der Waals surface area contributed by atoms with Gasteiger partial charge < -0.3 is 14.6 Å². The Kier molecular flexibility index (Phi) is 2.80. The lowest BCUT2D eigenvalue weighted by Gasteiger charge is -2.22. The van der Waals surface area contributed by atoms with Crippen LogP contribution in [0.4, 0.5) is 0 Å². The Labute approximate surface area is 110 Å². The normalized spacial score (nSPS) is 17.1. The van der Waals surface area contributed by atoms with Crippen molar-refractivity contribution in [3.63, 3.8) is 0 Å². The highest BCUT2D eigenvalue weighted by atomic mass is 16.5. The van der Waals surface area contributed by atoms with Crippen molar-refractivity contribution < 1.29 is 14.6 Å². The molecule has 0 fully saturated rings. The molecule has 0 radical (unpaired) electrons. The molecule has 0 saturated heterocycles. The van der Waals surface area contributed by atoms with E-state index in [0.29, 0.717) is 11.5 Å². The highest BCUT2D eigenvalue weighted by Crippen LogP contribution is 2.38. The van der Waals surface area contributed by atoms with Crippen LogP contribution in [0.2, 0.25) is 0 Å². The average Bonchev–Trinajstić information content (AvgIpc) is 2.46. The highest BCUT2D eigenvalue weighted by molar-refractivity contribution is 5.77. The largest absolute Gasteiger partial charge is 0.508 e. The van der Waals surface area contributed by atoms with E-state index >= 15 is 0 Å². The molecular formula is C16H12O3. The summed E-state index contributed by atoms with van der Waals surface area (Å²) in [5.74, 6) is 0.937. The molecule has 19 heavy (non-hydrogen) atoms. The van der Waals surface area contributed by atoms with E-state index in [1.807, 2.05) is 30.3 Å². The number of fused-ring (bicyclic) bond motifs is 1. The first-order chi connectivity index (χ1) is 9.28. The fourth-order valence-corrected chi connectivity index (χ4v) is 2.16. The Morgan fingerprint density at radius 1 is 1.11 bits per heavy atom. The molecule has 0 saturated carbocycles. The predicted molar refractivity (Wildman–Crippen MR) is 72.0 cm³/mol. The summed E-state index contributed by atoms with van der Waals surface area (Å²) in [7, 11) is 0. The fraction of sp³-hybridized carbons (Fsp3) is 0.0625. The Balaban J connectivity index is 2.07. The number of hydrogen-bond donors (Lipinski definition) is 1. The van der Waals surface area contributed by atoms with E-state index in [0.717, 1.165) is 17.4 Å². The number of ether oxygens (including phenoxy) is 1. The van der Waals surface area contributed by atoms with Crippen LogP contribution in [0.1, 0.15) is 17.0 Å². The van der Waals surface area contributed by atoms with Crippen LogP contribution < -0.4 is 4.74 Å². The minimum atomic E-state index is -0.348. The summed E-state index contributed by atoms with van der Waals surface area (Å²) in [6.07, 6.45) is 2.67. The second-order valence-corrected chi connectivity index (χ2v) is 4.38. The molecule has 1 N–H and O–H groups in total. The Bertz CT molecular complexity index is 644. The van der Waals surface area contributed by atoms with Crippen LogP contribution >= 0.6 is 0 Å². The fourth-order valence-electron chi connectivity index (χ4n) is 2.16. The van der Waals surface area contributed by atoms with E-state index in [4.69, 9.17) is 4.74 Å². The third-order valence-corrected chi connectivity index (χ3v) is 3.11. The van der Waals surface area contributed by atoms with Gasteiger partial charge in [-0.15, -0.1) is 0 Å². The van der Waals surface area contributed by atoms with Crippen LogP contribution in [0.15, 0.2) is 54.6 Å². The first kappa shape index (κ1) is 11.5. The van der Waals surface area contributed by atoms with E-state index in [2.05, 4.69) is 0 Å². The third-order valence-electron chi connectivity index (χ3n) is 3.11. The zero-order valence-corrected chi connectivity index (χ0v) is 10.1. The van der Waals surface area contributed by atoms with Crippen LogP contribution in [-0.4, -0.2) is 11.4 Å². The molecule has 0 bridgehead atoms. The third kappa shape index (κ3) is 2.10. The van der Waals surface area contributed by atoms with Crippen LogP contribution in [-0.2, 0) is 4.79 Å². The van der Waals surface area contributed by atoms with Gasteiger partial charge in [-0.3, -0.25) is 0 Å². The number of hydrogen-bond acceptors (Lipinski definition) is 3. The number of benzene rings is 2. The molecule has 1 aliphatic heterocycles. The standard InChI is InChI=1S/C16H12O3/c17-10-12-8-15(11-4-2-1-3-5-11)19-16-9-13(18)6-7-14(12)16/h1-10,12,18H. The summed E-state index contributed by atoms with van der Waals surface area (Å²) in [4.78, 5) is 11.2. The van der Waals surface area contributed by atoms with Crippen molar-refractivity contribution in [1.29, 1.82) is 0 Å². The van der Waals surface area contributed by atoms with E-state index in [-0.39, 0.29) is 11.7 Å². The van der Waals surface area contributed by atoms with Gasteiger partial charge in [0.2, 0.25) is 0 Å². The molecule has 3 heteroatoms. The van der Waals surface area contributed by atoms with Gasteiger partial charge >= 0.3 is 0 Å². The first-order valence-corrected chi connectivity index (χ1v) is 6.01. The van der Waals surface area contributed by atoms with E-state index < -0.39 is 0 Å². The van der Waals surface area contributed by atoms with Crippen molar-refractivity contribution in [1.82, 2.24) is 0 Å². The van der Waals surface area contributed by atoms with Crippen LogP contribution in [0, 0.1) is 0 Å². The van der Waals surface area contributed by atoms with Gasteiger partial charge in [0, 0.05) is 17.2 Å². The van der Waals surface area contributed by atoms with Crippen molar-refractivity contribution in [3.8, 4) is 11.5 Å². The highest BCUT2D eigenvalue weighted by Gasteiger charge is 2.22. The van der Waals surface area contributed by atoms with Gasteiger partial charge in [-0.05, 0) is 12.1 Å². The molecule has 2 aromatic carbocycles. The zero-order chi connectivity index (χ0) is 13.2. The van der Waals surface area contributed by atoms with Gasteiger partial charge in [0.15, 0.2) is 0 Å². The quantitative estimate of drug-likeness (QED) is 0.835. The molecule has 3 rings (SSSR count). The smallest absolute Gasteiger partial charge is 0.135 e. The maximum absolute atomic E-state index is 11.2. The molecule has 2 aromatic rings. The van der Waals surface area contributed by atoms with Crippen LogP contribution in [0.3, 0.4) is 0 Å². The first-order valence-electron chi connectivity index (χ1n) is 6.01. The Morgan fingerprint density at radius 2 is 1.89 bits per heavy atom. The molecular weight excluding hydrogens is 240 g/mol. The minimum absolute atomic E-state index is 0.123. The summed E-state index contributed by atoms with van der Waals surface area (Å²) in [6.45, 7) is 0. The number of aldehydes is 1. The monoisotopic (exact) mass is 252 g/mol. The summed E-state index contributed by atoms with van der Waals surface area (Å²) in [6, 6.07) is 14.4. The lowest BCUT2D eigenvalue weighted by molar-refractivity contribution is -0.108. The van der Waals surface area contributed by atoms with Crippen molar-refractivity contribution in [2.45, 2.75) is 5.92 Å². The number of aromatic hydroxyl groups is 1. The number of carbonyl (C=O) groups excluding carboxylic acids is 1. The van der Waals surface area contributed by atoms with Crippen molar-refractivity contribution in [2.75, 3.05) is 0 Å². The van der Waals surface area contributed by atoms with Gasteiger partial charge in [-0.2, -0.15) is 0 Å². The number of phenolic OH excluding ortho intramolecular Hbond substituents is 1. The number of carbonyl (C=O) groups is 1. The molecule has 94 valence electrons. The van der Waals surface area contributed by atoms with Crippen molar-refractivity contribution in [2.24, 2.45) is 0 Å². The number of phenols is 1. The summed E-state index contributed by atoms with van der Waals surface area (Å²) in [5.41, 5.74) is 1.68. The van der Waals surface area contributed by atoms with Crippen molar-refractivity contribution >= 4 is 12.0 Å². The molecule has 0 aromatic heterocycles. The summed E-state index contributed by atoms with van der Waals surface area (Å²) < 4.78 is 5.77. The molecule has 1 aliphatic rings. The van der Waals surface area contributed by atoms with Gasteiger partial charge in [0.25, 0.3) is 0 Å². The van der Waals surface area contributed by atoms with Gasteiger partial charge in [-0.1, -0.05) is 36.4 Å². The lowest BCUT2D eigenvalue weighted by Crippen LogP contribution is -2.09. The predicted octanol–water partition coefficient (Wildman–Crippen LogP) is 3.11. The van der Waals surface area contributed by atoms with E-state index in [1.165, 1.54) is 6.07 Å². The van der Waals surface area contributed by atoms with Gasteiger partial charge in [0.05, 0.1) is 5.92 Å². The number of allylic oxidation sites excluding steroid dienone is 1. The van der Waals surface area contributed by atoms with Crippen LogP contribution in [0.25, 0.3) is 5.76 Å². The Hall–Kier alpha value is -2.55. The molecule has 0 spiro atoms. The maximum atomic E-state index is 11.2.